The summed E-state index contributed by atoms with van der Waals surface area (Å²) < 4.78 is 5.49. The van der Waals surface area contributed by atoms with Crippen LogP contribution in [0.15, 0.2) is 0 Å². The van der Waals surface area contributed by atoms with E-state index in [2.05, 4.69) is 0 Å². The van der Waals surface area contributed by atoms with E-state index in [0.29, 0.717) is 25.0 Å². The van der Waals surface area contributed by atoms with E-state index < -0.39 is 11.6 Å². The fraction of sp³-hybridized carbons (Fsp3) is 0.895. The fourth-order valence-corrected chi connectivity index (χ4v) is 3.27. The Balaban J connectivity index is 1.95. The third-order valence-electron chi connectivity index (χ3n) is 4.90. The van der Waals surface area contributed by atoms with Gasteiger partial charge in [0, 0.05) is 25.7 Å². The Labute approximate surface area is 152 Å². The molecule has 2 atom stereocenters. The number of rotatable bonds is 5. The van der Waals surface area contributed by atoms with Crippen molar-refractivity contribution in [3.63, 3.8) is 0 Å². The third kappa shape index (κ3) is 5.87. The molecule has 0 bridgehead atoms. The summed E-state index contributed by atoms with van der Waals surface area (Å²) in [6, 6.07) is -0.0969. The van der Waals surface area contributed by atoms with Crippen molar-refractivity contribution in [2.24, 2.45) is 17.6 Å². The minimum absolute atomic E-state index is 0.0619. The number of carbonyl (C=O) groups excluding carboxylic acids is 2. The first-order valence-corrected chi connectivity index (χ1v) is 9.62. The number of amides is 2. The molecule has 2 aliphatic rings. The molecule has 0 radical (unpaired) electrons. The second-order valence-corrected chi connectivity index (χ2v) is 8.93. The van der Waals surface area contributed by atoms with Gasteiger partial charge >= 0.3 is 6.09 Å². The second-order valence-electron chi connectivity index (χ2n) is 8.93. The van der Waals surface area contributed by atoms with Crippen molar-refractivity contribution in [1.82, 2.24) is 9.80 Å². The summed E-state index contributed by atoms with van der Waals surface area (Å²) in [6.07, 6.45) is 3.87. The number of likely N-dealkylation sites (tertiary alicyclic amines) is 1. The van der Waals surface area contributed by atoms with Gasteiger partial charge in [-0.1, -0.05) is 13.8 Å². The van der Waals surface area contributed by atoms with Gasteiger partial charge in [0.25, 0.3) is 0 Å². The topological polar surface area (TPSA) is 75.9 Å². The van der Waals surface area contributed by atoms with E-state index in [4.69, 9.17) is 10.5 Å². The highest BCUT2D eigenvalue weighted by atomic mass is 16.6. The Hall–Kier alpha value is -1.30. The molecule has 2 rings (SSSR count). The summed E-state index contributed by atoms with van der Waals surface area (Å²) in [5.41, 5.74) is 5.62. The molecule has 1 unspecified atom stereocenters. The van der Waals surface area contributed by atoms with Crippen molar-refractivity contribution in [2.75, 3.05) is 19.6 Å². The third-order valence-corrected chi connectivity index (χ3v) is 4.90. The van der Waals surface area contributed by atoms with Gasteiger partial charge in [-0.3, -0.25) is 4.79 Å². The average molecular weight is 354 g/mol. The molecule has 6 nitrogen and oxygen atoms in total. The highest BCUT2D eigenvalue weighted by Crippen LogP contribution is 2.30. The Morgan fingerprint density at radius 3 is 2.40 bits per heavy atom. The molecular formula is C19H35N3O3. The van der Waals surface area contributed by atoms with E-state index in [0.717, 1.165) is 32.2 Å². The zero-order valence-electron chi connectivity index (χ0n) is 16.5. The van der Waals surface area contributed by atoms with Crippen LogP contribution in [0.1, 0.15) is 60.3 Å². The van der Waals surface area contributed by atoms with Gasteiger partial charge in [-0.15, -0.1) is 0 Å². The van der Waals surface area contributed by atoms with Gasteiger partial charge in [-0.2, -0.15) is 0 Å². The van der Waals surface area contributed by atoms with E-state index >= 15 is 0 Å². The van der Waals surface area contributed by atoms with Gasteiger partial charge in [0.15, 0.2) is 0 Å². The molecule has 1 saturated carbocycles. The van der Waals surface area contributed by atoms with Crippen LogP contribution < -0.4 is 5.73 Å². The molecule has 144 valence electrons. The number of hydrogen-bond acceptors (Lipinski definition) is 4. The number of piperidine rings is 1. The highest BCUT2D eigenvalue weighted by Gasteiger charge is 2.38. The van der Waals surface area contributed by atoms with Crippen LogP contribution in [0.4, 0.5) is 4.79 Å². The zero-order valence-corrected chi connectivity index (χ0v) is 16.5. The molecule has 1 aliphatic carbocycles. The lowest BCUT2D eigenvalue weighted by atomic mass is 9.96. The van der Waals surface area contributed by atoms with Gasteiger partial charge in [-0.25, -0.2) is 4.79 Å². The molecule has 0 aromatic rings. The minimum atomic E-state index is -0.482. The molecule has 2 N–H and O–H groups in total. The lowest BCUT2D eigenvalue weighted by molar-refractivity contribution is -0.135. The average Bonchev–Trinajstić information content (AvgIpc) is 3.34. The number of nitrogens with two attached hydrogens (primary N) is 1. The van der Waals surface area contributed by atoms with Crippen molar-refractivity contribution in [3.05, 3.63) is 0 Å². The predicted molar refractivity (Wildman–Crippen MR) is 98.1 cm³/mol. The first-order chi connectivity index (χ1) is 11.6. The monoisotopic (exact) mass is 353 g/mol. The lowest BCUT2D eigenvalue weighted by Crippen LogP contribution is -2.51. The van der Waals surface area contributed by atoms with Gasteiger partial charge < -0.3 is 20.3 Å². The van der Waals surface area contributed by atoms with Crippen LogP contribution in [-0.2, 0) is 9.53 Å². The number of ether oxygens (including phenoxy) is 1. The maximum atomic E-state index is 12.7. The quantitative estimate of drug-likeness (QED) is 0.824. The number of carbonyl (C=O) groups is 2. The van der Waals surface area contributed by atoms with E-state index in [9.17, 15) is 9.59 Å². The van der Waals surface area contributed by atoms with Gasteiger partial charge in [0.05, 0.1) is 6.04 Å². The maximum absolute atomic E-state index is 12.7. The van der Waals surface area contributed by atoms with E-state index in [1.54, 1.807) is 4.90 Å². The molecule has 1 aliphatic heterocycles. The molecule has 0 aromatic carbocycles. The predicted octanol–water partition coefficient (Wildman–Crippen LogP) is 2.61. The molecule has 0 aromatic heterocycles. The summed E-state index contributed by atoms with van der Waals surface area (Å²) in [7, 11) is 0. The normalized spacial score (nSPS) is 22.7. The Morgan fingerprint density at radius 1 is 1.24 bits per heavy atom. The first-order valence-electron chi connectivity index (χ1n) is 9.62. The van der Waals surface area contributed by atoms with Crippen LogP contribution in [0.2, 0.25) is 0 Å². The van der Waals surface area contributed by atoms with Crippen molar-refractivity contribution in [1.29, 1.82) is 0 Å². The standard InChI is InChI=1S/C19H35N3O3/c1-13(2)16(20)17(23)22(15-8-9-15)12-14-7-6-10-21(11-14)18(24)25-19(3,4)5/h13-16H,6-12,20H2,1-5H3/t14?,16-/m0/s1. The van der Waals surface area contributed by atoms with Gasteiger partial charge in [0.2, 0.25) is 5.91 Å². The second kappa shape index (κ2) is 7.94. The summed E-state index contributed by atoms with van der Waals surface area (Å²) in [6.45, 7) is 11.7. The smallest absolute Gasteiger partial charge is 0.410 e. The van der Waals surface area contributed by atoms with Crippen LogP contribution in [-0.4, -0.2) is 59.1 Å². The summed E-state index contributed by atoms with van der Waals surface area (Å²) >= 11 is 0. The van der Waals surface area contributed by atoms with Crippen LogP contribution in [0.25, 0.3) is 0 Å². The molecule has 25 heavy (non-hydrogen) atoms. The van der Waals surface area contributed by atoms with Crippen molar-refractivity contribution in [3.8, 4) is 0 Å². The Morgan fingerprint density at radius 2 is 1.88 bits per heavy atom. The molecular weight excluding hydrogens is 318 g/mol. The van der Waals surface area contributed by atoms with Gasteiger partial charge in [0.1, 0.15) is 5.60 Å². The van der Waals surface area contributed by atoms with E-state index in [-0.39, 0.29) is 17.9 Å². The number of hydrogen-bond donors (Lipinski definition) is 1. The molecule has 2 amide bonds. The summed E-state index contributed by atoms with van der Waals surface area (Å²) in [4.78, 5) is 28.8. The lowest BCUT2D eigenvalue weighted by Gasteiger charge is -2.37. The van der Waals surface area contributed by atoms with Crippen molar-refractivity contribution >= 4 is 12.0 Å². The Kier molecular flexibility index (Phi) is 6.35. The molecule has 2 fully saturated rings. The molecule has 1 saturated heterocycles. The fourth-order valence-electron chi connectivity index (χ4n) is 3.27. The van der Waals surface area contributed by atoms with Crippen LogP contribution >= 0.6 is 0 Å². The van der Waals surface area contributed by atoms with E-state index in [1.807, 2.05) is 39.5 Å². The zero-order chi connectivity index (χ0) is 18.8. The molecule has 0 spiro atoms. The Bertz CT molecular complexity index is 483. The van der Waals surface area contributed by atoms with Crippen LogP contribution in [0, 0.1) is 11.8 Å². The maximum Gasteiger partial charge on any atom is 0.410 e. The molecule has 1 heterocycles. The summed E-state index contributed by atoms with van der Waals surface area (Å²) in [5, 5.41) is 0. The molecule has 6 heteroatoms. The van der Waals surface area contributed by atoms with Crippen molar-refractivity contribution in [2.45, 2.75) is 78.0 Å². The van der Waals surface area contributed by atoms with Crippen LogP contribution in [0.5, 0.6) is 0 Å². The van der Waals surface area contributed by atoms with E-state index in [1.165, 1.54) is 0 Å². The highest BCUT2D eigenvalue weighted by molar-refractivity contribution is 5.82. The number of nitrogens with zero attached hydrogens (tertiary/aromatic N) is 2. The first kappa shape index (κ1) is 20.0. The SMILES string of the molecule is CC(C)[C@H](N)C(=O)N(CC1CCCN(C(=O)OC(C)(C)C)C1)C1CC1. The van der Waals surface area contributed by atoms with Crippen molar-refractivity contribution < 1.29 is 14.3 Å². The summed E-state index contributed by atoms with van der Waals surface area (Å²) in [5.74, 6) is 0.496. The van der Waals surface area contributed by atoms with Crippen LogP contribution in [0.3, 0.4) is 0 Å². The minimum Gasteiger partial charge on any atom is -0.444 e. The largest absolute Gasteiger partial charge is 0.444 e. The van der Waals surface area contributed by atoms with Gasteiger partial charge in [-0.05, 0) is 58.3 Å².